The van der Waals surface area contributed by atoms with Crippen LogP contribution in [-0.2, 0) is 14.3 Å². The number of allylic oxidation sites excluding steroid dienone is 2. The van der Waals surface area contributed by atoms with Crippen molar-refractivity contribution in [3.8, 4) is 0 Å². The summed E-state index contributed by atoms with van der Waals surface area (Å²) in [4.78, 5) is 28.3. The van der Waals surface area contributed by atoms with Crippen LogP contribution in [0, 0.1) is 0 Å². The number of rotatable bonds is 7. The van der Waals surface area contributed by atoms with Gasteiger partial charge < -0.3 is 14.8 Å². The van der Waals surface area contributed by atoms with Crippen LogP contribution in [0.4, 0.5) is 0 Å². The smallest absolute Gasteiger partial charge is 0.312 e. The van der Waals surface area contributed by atoms with E-state index >= 15 is 0 Å². The zero-order valence-corrected chi connectivity index (χ0v) is 15.2. The van der Waals surface area contributed by atoms with Crippen LogP contribution >= 0.6 is 0 Å². The van der Waals surface area contributed by atoms with Gasteiger partial charge in [0.25, 0.3) is 5.91 Å². The summed E-state index contributed by atoms with van der Waals surface area (Å²) >= 11 is 0. The van der Waals surface area contributed by atoms with Gasteiger partial charge in [0.2, 0.25) is 0 Å². The number of nitrogens with one attached hydrogen (secondary N) is 1. The van der Waals surface area contributed by atoms with E-state index in [1.807, 2.05) is 25.2 Å². The van der Waals surface area contributed by atoms with Gasteiger partial charge in [-0.05, 0) is 49.3 Å². The number of fused-ring (bicyclic) bond motifs is 1. The van der Waals surface area contributed by atoms with Crippen molar-refractivity contribution in [1.29, 1.82) is 0 Å². The summed E-state index contributed by atoms with van der Waals surface area (Å²) in [6, 6.07) is 6.98. The van der Waals surface area contributed by atoms with Crippen LogP contribution in [-0.4, -0.2) is 43.4 Å². The Bertz CT molecular complexity index is 819. The molecule has 0 radical (unpaired) electrons. The lowest BCUT2D eigenvalue weighted by atomic mass is 10.1. The molecule has 1 aliphatic carbocycles. The molecule has 1 heterocycles. The Kier molecular flexibility index (Phi) is 6.33. The van der Waals surface area contributed by atoms with E-state index in [0.29, 0.717) is 31.0 Å². The zero-order valence-electron chi connectivity index (χ0n) is 15.2. The van der Waals surface area contributed by atoms with Crippen molar-refractivity contribution in [2.24, 2.45) is 4.99 Å². The van der Waals surface area contributed by atoms with Crippen molar-refractivity contribution < 1.29 is 19.1 Å². The molecule has 1 atom stereocenters. The van der Waals surface area contributed by atoms with Crippen molar-refractivity contribution >= 4 is 23.6 Å². The SMILES string of the molecule is CCOCCCNC(=O)c1ccc(/C=C2\OC3C=CC=CC3=NC2=O)cc1. The molecule has 1 aromatic rings. The van der Waals surface area contributed by atoms with Crippen molar-refractivity contribution in [3.63, 3.8) is 0 Å². The number of ether oxygens (including phenoxy) is 2. The molecule has 1 aliphatic heterocycles. The van der Waals surface area contributed by atoms with Crippen LogP contribution in [0.15, 0.2) is 59.3 Å². The molecular formula is C21H22N2O4. The monoisotopic (exact) mass is 366 g/mol. The Morgan fingerprint density at radius 3 is 2.89 bits per heavy atom. The second-order valence-electron chi connectivity index (χ2n) is 6.06. The van der Waals surface area contributed by atoms with Gasteiger partial charge in [-0.25, -0.2) is 4.99 Å². The van der Waals surface area contributed by atoms with Crippen LogP contribution in [0.3, 0.4) is 0 Å². The molecular weight excluding hydrogens is 344 g/mol. The predicted molar refractivity (Wildman–Crippen MR) is 103 cm³/mol. The van der Waals surface area contributed by atoms with Gasteiger partial charge in [0.05, 0.1) is 5.71 Å². The lowest BCUT2D eigenvalue weighted by Gasteiger charge is -2.22. The average Bonchev–Trinajstić information content (AvgIpc) is 2.69. The summed E-state index contributed by atoms with van der Waals surface area (Å²) in [6.45, 7) is 3.82. The number of carbonyl (C=O) groups excluding carboxylic acids is 2. The van der Waals surface area contributed by atoms with Gasteiger partial charge in [-0.3, -0.25) is 9.59 Å². The first-order valence-corrected chi connectivity index (χ1v) is 8.99. The van der Waals surface area contributed by atoms with E-state index in [4.69, 9.17) is 9.47 Å². The van der Waals surface area contributed by atoms with Crippen molar-refractivity contribution in [1.82, 2.24) is 5.32 Å². The summed E-state index contributed by atoms with van der Waals surface area (Å²) in [6.07, 6.45) is 9.37. The van der Waals surface area contributed by atoms with E-state index in [1.54, 1.807) is 36.4 Å². The third-order valence-corrected chi connectivity index (χ3v) is 4.08. The third kappa shape index (κ3) is 5.01. The maximum absolute atomic E-state index is 12.1. The van der Waals surface area contributed by atoms with E-state index in [-0.39, 0.29) is 17.8 Å². The molecule has 2 amide bonds. The molecule has 3 rings (SSSR count). The lowest BCUT2D eigenvalue weighted by Crippen LogP contribution is -2.29. The topological polar surface area (TPSA) is 77.0 Å². The summed E-state index contributed by atoms with van der Waals surface area (Å²) in [5.41, 5.74) is 1.93. The fraction of sp³-hybridized carbons (Fsp3) is 0.286. The average molecular weight is 366 g/mol. The number of nitrogens with zero attached hydrogens (tertiary/aromatic N) is 1. The Hall–Kier alpha value is -2.99. The highest BCUT2D eigenvalue weighted by Gasteiger charge is 2.26. The number of aliphatic imine (C=N–C) groups is 1. The molecule has 2 aliphatic rings. The van der Waals surface area contributed by atoms with Gasteiger partial charge in [0, 0.05) is 25.3 Å². The number of benzene rings is 1. The van der Waals surface area contributed by atoms with Crippen molar-refractivity contribution in [3.05, 3.63) is 65.5 Å². The van der Waals surface area contributed by atoms with E-state index in [9.17, 15) is 9.59 Å². The Labute approximate surface area is 158 Å². The van der Waals surface area contributed by atoms with Gasteiger partial charge in [-0.2, -0.15) is 0 Å². The molecule has 27 heavy (non-hydrogen) atoms. The van der Waals surface area contributed by atoms with Crippen LogP contribution in [0.1, 0.15) is 29.3 Å². The largest absolute Gasteiger partial charge is 0.474 e. The molecule has 0 spiro atoms. The highest BCUT2D eigenvalue weighted by molar-refractivity contribution is 6.13. The van der Waals surface area contributed by atoms with E-state index < -0.39 is 5.91 Å². The minimum absolute atomic E-state index is 0.135. The number of carbonyl (C=O) groups is 2. The first-order valence-electron chi connectivity index (χ1n) is 8.99. The van der Waals surface area contributed by atoms with Gasteiger partial charge >= 0.3 is 5.91 Å². The molecule has 1 N–H and O–H groups in total. The molecule has 140 valence electrons. The molecule has 0 bridgehead atoms. The summed E-state index contributed by atoms with van der Waals surface area (Å²) in [5.74, 6) is -0.349. The van der Waals surface area contributed by atoms with Crippen LogP contribution in [0.2, 0.25) is 0 Å². The van der Waals surface area contributed by atoms with Gasteiger partial charge in [0.15, 0.2) is 11.9 Å². The van der Waals surface area contributed by atoms with Crippen LogP contribution in [0.5, 0.6) is 0 Å². The quantitative estimate of drug-likeness (QED) is 0.595. The van der Waals surface area contributed by atoms with Gasteiger partial charge in [-0.15, -0.1) is 0 Å². The second kappa shape index (κ2) is 9.09. The van der Waals surface area contributed by atoms with Gasteiger partial charge in [-0.1, -0.05) is 24.3 Å². The van der Waals surface area contributed by atoms with Crippen molar-refractivity contribution in [2.45, 2.75) is 19.4 Å². The summed E-state index contributed by atoms with van der Waals surface area (Å²) in [7, 11) is 0. The molecule has 6 heteroatoms. The normalized spacial score (nSPS) is 19.4. The standard InChI is InChI=1S/C21H22N2O4/c1-2-26-13-5-12-22-20(24)16-10-8-15(9-11-16)14-19-21(25)23-17-6-3-4-7-18(17)27-19/h3-4,6-11,14,18H,2,5,12-13H2,1H3,(H,22,24)/b19-14-. The molecule has 0 saturated carbocycles. The number of hydrogen-bond donors (Lipinski definition) is 1. The Balaban J connectivity index is 1.60. The van der Waals surface area contributed by atoms with Gasteiger partial charge in [0.1, 0.15) is 0 Å². The molecule has 0 saturated heterocycles. The van der Waals surface area contributed by atoms with E-state index in [1.165, 1.54) is 0 Å². The molecule has 1 unspecified atom stereocenters. The molecule has 0 fully saturated rings. The van der Waals surface area contributed by atoms with Crippen molar-refractivity contribution in [2.75, 3.05) is 19.8 Å². The highest BCUT2D eigenvalue weighted by atomic mass is 16.5. The highest BCUT2D eigenvalue weighted by Crippen LogP contribution is 2.20. The predicted octanol–water partition coefficient (Wildman–Crippen LogP) is 2.68. The lowest BCUT2D eigenvalue weighted by molar-refractivity contribution is -0.118. The Morgan fingerprint density at radius 1 is 1.30 bits per heavy atom. The zero-order chi connectivity index (χ0) is 19.1. The first-order chi connectivity index (χ1) is 13.2. The number of hydrogen-bond acceptors (Lipinski definition) is 4. The fourth-order valence-electron chi connectivity index (χ4n) is 2.67. The molecule has 0 aromatic heterocycles. The first kappa shape index (κ1) is 18.8. The molecule has 1 aromatic carbocycles. The maximum Gasteiger partial charge on any atom is 0.312 e. The minimum atomic E-state index is -0.405. The second-order valence-corrected chi connectivity index (χ2v) is 6.06. The maximum atomic E-state index is 12.1. The van der Waals surface area contributed by atoms with Crippen LogP contribution in [0.25, 0.3) is 6.08 Å². The summed E-state index contributed by atoms with van der Waals surface area (Å²) in [5, 5.41) is 2.85. The van der Waals surface area contributed by atoms with E-state index in [2.05, 4.69) is 10.3 Å². The van der Waals surface area contributed by atoms with E-state index in [0.717, 1.165) is 12.0 Å². The Morgan fingerprint density at radius 2 is 2.11 bits per heavy atom. The third-order valence-electron chi connectivity index (χ3n) is 4.08. The fourth-order valence-corrected chi connectivity index (χ4v) is 2.67. The minimum Gasteiger partial charge on any atom is -0.474 e. The number of amides is 2. The molecule has 6 nitrogen and oxygen atoms in total. The van der Waals surface area contributed by atoms with Crippen LogP contribution < -0.4 is 5.32 Å². The summed E-state index contributed by atoms with van der Waals surface area (Å²) < 4.78 is 11.0.